The number of carbonyl (C=O) groups excluding carboxylic acids is 1. The number of hydrogen-bond donors (Lipinski definition) is 3. The number of nitrogens with one attached hydrogen (secondary N) is 2. The van der Waals surface area contributed by atoms with E-state index < -0.39 is 14.9 Å². The molecule has 0 saturated carbocycles. The molecule has 1 aromatic carbocycles. The Bertz CT molecular complexity index is 889. The molecule has 4 N–H and O–H groups in total. The number of hydrogen-bond acceptors (Lipinski definition) is 6. The number of nitrogens with two attached hydrogens (primary N) is 1. The molecule has 0 aromatic heterocycles. The molecule has 2 rings (SSSR count). The molecule has 1 aliphatic rings. The van der Waals surface area contributed by atoms with Crippen LogP contribution in [0.15, 0.2) is 34.2 Å². The minimum atomic E-state index is -3.88. The number of nitrogens with zero attached hydrogens (tertiary/aromatic N) is 3. The molecule has 0 spiro atoms. The highest BCUT2D eigenvalue weighted by atomic mass is 32.2. The maximum absolute atomic E-state index is 12.4. The lowest BCUT2D eigenvalue weighted by atomic mass is 9.95. The Hall–Kier alpha value is -2.73. The van der Waals surface area contributed by atoms with Crippen LogP contribution in [0.4, 0.5) is 5.69 Å². The Kier molecular flexibility index (Phi) is 8.54. The van der Waals surface area contributed by atoms with Crippen molar-refractivity contribution in [3.63, 3.8) is 0 Å². The van der Waals surface area contributed by atoms with Gasteiger partial charge < -0.3 is 16.0 Å². The second-order valence-electron chi connectivity index (χ2n) is 7.01. The zero-order valence-corrected chi connectivity index (χ0v) is 17.7. The van der Waals surface area contributed by atoms with Gasteiger partial charge in [0.05, 0.1) is 16.4 Å². The van der Waals surface area contributed by atoms with Crippen molar-refractivity contribution in [2.75, 3.05) is 32.7 Å². The van der Waals surface area contributed by atoms with Gasteiger partial charge in [-0.05, 0) is 31.7 Å². The molecule has 0 radical (unpaired) electrons. The molecule has 1 aliphatic heterocycles. The molecule has 1 fully saturated rings. The van der Waals surface area contributed by atoms with Crippen LogP contribution < -0.4 is 15.8 Å². The lowest BCUT2D eigenvalue weighted by Gasteiger charge is -2.34. The van der Waals surface area contributed by atoms with Crippen molar-refractivity contribution < 1.29 is 18.1 Å². The summed E-state index contributed by atoms with van der Waals surface area (Å²) in [7, 11) is -3.88. The minimum absolute atomic E-state index is 0.0402. The molecule has 1 amide bonds. The number of nitro benzene ring substituents is 1. The van der Waals surface area contributed by atoms with Gasteiger partial charge in [-0.2, -0.15) is 0 Å². The van der Waals surface area contributed by atoms with Gasteiger partial charge in [0.25, 0.3) is 5.69 Å². The van der Waals surface area contributed by atoms with Crippen molar-refractivity contribution in [3.8, 4) is 0 Å². The monoisotopic (exact) mass is 440 g/mol. The average molecular weight is 441 g/mol. The summed E-state index contributed by atoms with van der Waals surface area (Å²) in [5, 5.41) is 14.0. The van der Waals surface area contributed by atoms with Gasteiger partial charge >= 0.3 is 0 Å². The largest absolute Gasteiger partial charge is 0.370 e. The van der Waals surface area contributed by atoms with E-state index >= 15 is 0 Å². The predicted molar refractivity (Wildman–Crippen MR) is 112 cm³/mol. The Morgan fingerprint density at radius 1 is 1.43 bits per heavy atom. The third-order valence-corrected chi connectivity index (χ3v) is 6.11. The van der Waals surface area contributed by atoms with E-state index in [0.717, 1.165) is 25.5 Å². The molecular weight excluding hydrogens is 412 g/mol. The Balaban J connectivity index is 1.97. The van der Waals surface area contributed by atoms with Gasteiger partial charge in [0.15, 0.2) is 5.96 Å². The molecule has 0 aliphatic carbocycles. The number of likely N-dealkylation sites (tertiary alicyclic amines) is 1. The fourth-order valence-electron chi connectivity index (χ4n) is 3.32. The molecule has 166 valence electrons. The van der Waals surface area contributed by atoms with Crippen molar-refractivity contribution in [1.82, 2.24) is 14.9 Å². The molecule has 1 heterocycles. The zero-order valence-electron chi connectivity index (χ0n) is 16.9. The summed E-state index contributed by atoms with van der Waals surface area (Å²) in [5.41, 5.74) is 5.02. The number of guanidine groups is 1. The van der Waals surface area contributed by atoms with Crippen molar-refractivity contribution in [2.45, 2.75) is 31.1 Å². The molecule has 1 unspecified atom stereocenters. The Morgan fingerprint density at radius 3 is 2.87 bits per heavy atom. The zero-order chi connectivity index (χ0) is 22.1. The van der Waals surface area contributed by atoms with E-state index in [0.29, 0.717) is 25.5 Å². The molecular formula is C18H28N6O5S. The molecule has 1 atom stereocenters. The number of aliphatic imine (C=N–C) groups is 1. The first-order chi connectivity index (χ1) is 14.2. The maximum Gasteiger partial charge on any atom is 0.270 e. The molecule has 30 heavy (non-hydrogen) atoms. The maximum atomic E-state index is 12.4. The molecule has 1 aromatic rings. The summed E-state index contributed by atoms with van der Waals surface area (Å²) in [6.45, 7) is 4.27. The Labute approximate surface area is 175 Å². The van der Waals surface area contributed by atoms with Gasteiger partial charge in [0, 0.05) is 44.7 Å². The number of sulfonamides is 1. The number of primary amides is 1. The van der Waals surface area contributed by atoms with Gasteiger partial charge in [-0.1, -0.05) is 6.07 Å². The van der Waals surface area contributed by atoms with E-state index in [9.17, 15) is 23.3 Å². The van der Waals surface area contributed by atoms with Crippen molar-refractivity contribution in [1.29, 1.82) is 0 Å². The topological polar surface area (TPSA) is 160 Å². The first kappa shape index (κ1) is 23.5. The van der Waals surface area contributed by atoms with Crippen molar-refractivity contribution in [2.24, 2.45) is 16.6 Å². The highest BCUT2D eigenvalue weighted by molar-refractivity contribution is 7.89. The summed E-state index contributed by atoms with van der Waals surface area (Å²) < 4.78 is 27.2. The third kappa shape index (κ3) is 6.95. The van der Waals surface area contributed by atoms with Crippen molar-refractivity contribution in [3.05, 3.63) is 34.4 Å². The molecule has 1 saturated heterocycles. The van der Waals surface area contributed by atoms with Crippen LogP contribution in [0, 0.1) is 16.0 Å². The molecule has 12 heteroatoms. The van der Waals surface area contributed by atoms with Crippen LogP contribution in [-0.2, 0) is 14.8 Å². The summed E-state index contributed by atoms with van der Waals surface area (Å²) >= 11 is 0. The normalized spacial score (nSPS) is 17.6. The van der Waals surface area contributed by atoms with E-state index in [2.05, 4.69) is 19.9 Å². The van der Waals surface area contributed by atoms with E-state index in [-0.39, 0.29) is 35.5 Å². The average Bonchev–Trinajstić information content (AvgIpc) is 2.70. The van der Waals surface area contributed by atoms with Crippen LogP contribution in [0.5, 0.6) is 0 Å². The highest BCUT2D eigenvalue weighted by Gasteiger charge is 2.23. The van der Waals surface area contributed by atoms with Gasteiger partial charge in [-0.25, -0.2) is 13.1 Å². The fourth-order valence-corrected chi connectivity index (χ4v) is 4.38. The van der Waals surface area contributed by atoms with Crippen LogP contribution in [0.1, 0.15) is 26.2 Å². The lowest BCUT2D eigenvalue weighted by Crippen LogP contribution is -2.47. The summed E-state index contributed by atoms with van der Waals surface area (Å²) in [6.07, 6.45) is 2.18. The smallest absolute Gasteiger partial charge is 0.270 e. The van der Waals surface area contributed by atoms with Gasteiger partial charge in [-0.3, -0.25) is 19.9 Å². The van der Waals surface area contributed by atoms with Crippen LogP contribution in [-0.4, -0.2) is 62.8 Å². The fraction of sp³-hybridized carbons (Fsp3) is 0.556. The van der Waals surface area contributed by atoms with Crippen molar-refractivity contribution >= 4 is 27.6 Å². The first-order valence-corrected chi connectivity index (χ1v) is 11.3. The van der Waals surface area contributed by atoms with E-state index in [1.165, 1.54) is 18.2 Å². The minimum Gasteiger partial charge on any atom is -0.370 e. The second kappa shape index (κ2) is 10.9. The van der Waals surface area contributed by atoms with Crippen LogP contribution in [0.2, 0.25) is 0 Å². The number of rotatable bonds is 9. The van der Waals surface area contributed by atoms with Gasteiger partial charge in [-0.15, -0.1) is 0 Å². The van der Waals surface area contributed by atoms with Crippen LogP contribution in [0.25, 0.3) is 0 Å². The molecule has 11 nitrogen and oxygen atoms in total. The molecule has 0 bridgehead atoms. The first-order valence-electron chi connectivity index (χ1n) is 9.78. The number of non-ortho nitro benzene ring substituents is 1. The quantitative estimate of drug-likeness (QED) is 0.165. The summed E-state index contributed by atoms with van der Waals surface area (Å²) in [6, 6.07) is 4.88. The Morgan fingerprint density at radius 2 is 2.20 bits per heavy atom. The summed E-state index contributed by atoms with van der Waals surface area (Å²) in [4.78, 5) is 27.8. The highest BCUT2D eigenvalue weighted by Crippen LogP contribution is 2.19. The van der Waals surface area contributed by atoms with E-state index in [1.807, 2.05) is 6.92 Å². The van der Waals surface area contributed by atoms with E-state index in [4.69, 9.17) is 5.73 Å². The second-order valence-corrected chi connectivity index (χ2v) is 8.78. The SMILES string of the molecule is CCNC(=NCCNS(=O)(=O)c1cccc([N+](=O)[O-])c1)N1CCCC(CC(N)=O)C1. The lowest BCUT2D eigenvalue weighted by molar-refractivity contribution is -0.385. The van der Waals surface area contributed by atoms with Gasteiger partial charge in [0.1, 0.15) is 0 Å². The van der Waals surface area contributed by atoms with E-state index in [1.54, 1.807) is 0 Å². The number of amides is 1. The van der Waals surface area contributed by atoms with Crippen LogP contribution in [0.3, 0.4) is 0 Å². The number of piperidine rings is 1. The summed E-state index contributed by atoms with van der Waals surface area (Å²) in [5.74, 6) is 0.507. The predicted octanol–water partition coefficient (Wildman–Crippen LogP) is 0.426. The van der Waals surface area contributed by atoms with Gasteiger partial charge in [0.2, 0.25) is 15.9 Å². The number of nitro groups is 1. The van der Waals surface area contributed by atoms with Crippen LogP contribution >= 0.6 is 0 Å². The third-order valence-electron chi connectivity index (χ3n) is 4.65. The number of carbonyl (C=O) groups is 1. The standard InChI is InChI=1S/C18H28N6O5S/c1-2-20-18(23-10-4-5-14(13-23)11-17(19)25)21-8-9-22-30(28,29)16-7-3-6-15(12-16)24(26)27/h3,6-7,12,14,22H,2,4-5,8-11,13H2,1H3,(H2,19,25)(H,20,21). The number of benzene rings is 1.